The van der Waals surface area contributed by atoms with Crippen LogP contribution in [-0.2, 0) is 11.2 Å². The summed E-state index contributed by atoms with van der Waals surface area (Å²) in [4.78, 5) is 16.4. The molecule has 0 aliphatic carbocycles. The third-order valence-electron chi connectivity index (χ3n) is 4.10. The molecule has 0 spiro atoms. The Kier molecular flexibility index (Phi) is 6.05. The first kappa shape index (κ1) is 18.5. The molecule has 0 aliphatic rings. The topological polar surface area (TPSA) is 63.2 Å². The second-order valence-corrected chi connectivity index (χ2v) is 6.22. The number of nitrogens with zero attached hydrogens (tertiary/aromatic N) is 1. The van der Waals surface area contributed by atoms with Gasteiger partial charge in [-0.1, -0.05) is 42.8 Å². The van der Waals surface area contributed by atoms with Crippen LogP contribution in [0, 0.1) is 6.92 Å². The molecule has 1 aromatic heterocycles. The van der Waals surface area contributed by atoms with Crippen LogP contribution in [0.1, 0.15) is 18.1 Å². The van der Waals surface area contributed by atoms with Crippen LogP contribution in [0.4, 0.5) is 17.2 Å². The van der Waals surface area contributed by atoms with E-state index in [-0.39, 0.29) is 12.5 Å². The van der Waals surface area contributed by atoms with Crippen molar-refractivity contribution in [1.29, 1.82) is 0 Å². The van der Waals surface area contributed by atoms with Gasteiger partial charge in [-0.05, 0) is 49.2 Å². The van der Waals surface area contributed by atoms with Gasteiger partial charge in [-0.15, -0.1) is 0 Å². The molecule has 2 aromatic carbocycles. The zero-order valence-electron chi connectivity index (χ0n) is 15.5. The van der Waals surface area contributed by atoms with E-state index in [1.54, 1.807) is 6.20 Å². The van der Waals surface area contributed by atoms with E-state index < -0.39 is 0 Å². The van der Waals surface area contributed by atoms with E-state index >= 15 is 0 Å². The molecular weight excluding hydrogens is 338 g/mol. The SMILES string of the molecule is CCc1ccccc1Nc1ccc(NC(=O)COc2ccc(C)cc2)cn1. The number of carbonyl (C=O) groups is 1. The van der Waals surface area contributed by atoms with E-state index in [0.717, 1.165) is 23.5 Å². The van der Waals surface area contributed by atoms with E-state index in [9.17, 15) is 4.79 Å². The number of para-hydroxylation sites is 1. The minimum absolute atomic E-state index is 0.0487. The van der Waals surface area contributed by atoms with Gasteiger partial charge in [-0.25, -0.2) is 4.98 Å². The first-order valence-electron chi connectivity index (χ1n) is 8.94. The van der Waals surface area contributed by atoms with Crippen LogP contribution in [0.25, 0.3) is 0 Å². The van der Waals surface area contributed by atoms with Gasteiger partial charge in [0, 0.05) is 5.69 Å². The Morgan fingerprint density at radius 1 is 1.04 bits per heavy atom. The van der Waals surface area contributed by atoms with Gasteiger partial charge in [0.25, 0.3) is 5.91 Å². The summed E-state index contributed by atoms with van der Waals surface area (Å²) in [5.41, 5.74) is 4.04. The van der Waals surface area contributed by atoms with Crippen molar-refractivity contribution in [3.8, 4) is 5.75 Å². The Labute approximate surface area is 159 Å². The number of amides is 1. The van der Waals surface area contributed by atoms with E-state index in [0.29, 0.717) is 11.4 Å². The van der Waals surface area contributed by atoms with Crippen molar-refractivity contribution in [3.05, 3.63) is 78.0 Å². The van der Waals surface area contributed by atoms with Crippen molar-refractivity contribution >= 4 is 23.1 Å². The molecule has 27 heavy (non-hydrogen) atoms. The predicted molar refractivity (Wildman–Crippen MR) is 109 cm³/mol. The van der Waals surface area contributed by atoms with Crippen LogP contribution >= 0.6 is 0 Å². The molecule has 1 heterocycles. The van der Waals surface area contributed by atoms with Crippen molar-refractivity contribution in [3.63, 3.8) is 0 Å². The number of aromatic nitrogens is 1. The standard InChI is InChI=1S/C22H23N3O2/c1-3-17-6-4-5-7-20(17)25-21-13-10-18(14-23-21)24-22(26)15-27-19-11-8-16(2)9-12-19/h4-14H,3,15H2,1-2H3,(H,23,25)(H,24,26). The van der Waals surface area contributed by atoms with Crippen molar-refractivity contribution in [2.45, 2.75) is 20.3 Å². The number of carbonyl (C=O) groups excluding carboxylic acids is 1. The summed E-state index contributed by atoms with van der Waals surface area (Å²) < 4.78 is 5.48. The fourth-order valence-corrected chi connectivity index (χ4v) is 2.61. The molecule has 3 rings (SSSR count). The molecule has 5 heteroatoms. The Bertz CT molecular complexity index is 890. The largest absolute Gasteiger partial charge is 0.484 e. The van der Waals surface area contributed by atoms with Crippen molar-refractivity contribution in [2.24, 2.45) is 0 Å². The van der Waals surface area contributed by atoms with Crippen molar-refractivity contribution in [1.82, 2.24) is 4.98 Å². The fourth-order valence-electron chi connectivity index (χ4n) is 2.61. The fraction of sp³-hybridized carbons (Fsp3) is 0.182. The summed E-state index contributed by atoms with van der Waals surface area (Å²) in [5.74, 6) is 1.17. The lowest BCUT2D eigenvalue weighted by Gasteiger charge is -2.11. The van der Waals surface area contributed by atoms with Gasteiger partial charge in [0.1, 0.15) is 11.6 Å². The lowest BCUT2D eigenvalue weighted by molar-refractivity contribution is -0.118. The minimum atomic E-state index is -0.227. The zero-order valence-corrected chi connectivity index (χ0v) is 15.5. The molecule has 0 radical (unpaired) electrons. The molecule has 3 aromatic rings. The molecular formula is C22H23N3O2. The first-order chi connectivity index (χ1) is 13.1. The summed E-state index contributed by atoms with van der Waals surface area (Å²) in [7, 11) is 0. The van der Waals surface area contributed by atoms with E-state index in [1.807, 2.05) is 61.5 Å². The van der Waals surface area contributed by atoms with Gasteiger partial charge >= 0.3 is 0 Å². The third kappa shape index (κ3) is 5.31. The molecule has 0 atom stereocenters. The molecule has 0 saturated heterocycles. The average molecular weight is 361 g/mol. The Morgan fingerprint density at radius 3 is 2.52 bits per heavy atom. The second kappa shape index (κ2) is 8.85. The second-order valence-electron chi connectivity index (χ2n) is 6.22. The van der Waals surface area contributed by atoms with Gasteiger partial charge in [0.2, 0.25) is 0 Å². The number of hydrogen-bond acceptors (Lipinski definition) is 4. The van der Waals surface area contributed by atoms with Gasteiger partial charge in [0.05, 0.1) is 11.9 Å². The first-order valence-corrected chi connectivity index (χ1v) is 8.94. The third-order valence-corrected chi connectivity index (χ3v) is 4.10. The number of rotatable bonds is 7. The number of hydrogen-bond donors (Lipinski definition) is 2. The highest BCUT2D eigenvalue weighted by Crippen LogP contribution is 2.20. The number of nitrogens with one attached hydrogen (secondary N) is 2. The van der Waals surface area contributed by atoms with Crippen molar-refractivity contribution in [2.75, 3.05) is 17.2 Å². The number of anilines is 3. The number of ether oxygens (including phenoxy) is 1. The highest BCUT2D eigenvalue weighted by molar-refractivity contribution is 5.91. The highest BCUT2D eigenvalue weighted by Gasteiger charge is 2.05. The molecule has 0 aliphatic heterocycles. The van der Waals surface area contributed by atoms with E-state index in [1.165, 1.54) is 5.56 Å². The van der Waals surface area contributed by atoms with Crippen LogP contribution in [0.15, 0.2) is 66.9 Å². The number of aryl methyl sites for hydroxylation is 2. The average Bonchev–Trinajstić information content (AvgIpc) is 2.69. The predicted octanol–water partition coefficient (Wildman–Crippen LogP) is 4.71. The van der Waals surface area contributed by atoms with Crippen LogP contribution in [0.5, 0.6) is 5.75 Å². The van der Waals surface area contributed by atoms with Gasteiger partial charge < -0.3 is 15.4 Å². The van der Waals surface area contributed by atoms with E-state index in [4.69, 9.17) is 4.74 Å². The van der Waals surface area contributed by atoms with Gasteiger partial charge in [-0.2, -0.15) is 0 Å². The molecule has 138 valence electrons. The summed E-state index contributed by atoms with van der Waals surface area (Å²) in [5, 5.41) is 6.09. The molecule has 5 nitrogen and oxygen atoms in total. The molecule has 0 saturated carbocycles. The summed E-state index contributed by atoms with van der Waals surface area (Å²) in [6.07, 6.45) is 2.57. The Hall–Kier alpha value is -3.34. The maximum atomic E-state index is 12.0. The quantitative estimate of drug-likeness (QED) is 0.639. The summed E-state index contributed by atoms with van der Waals surface area (Å²) >= 11 is 0. The molecule has 0 unspecified atom stereocenters. The smallest absolute Gasteiger partial charge is 0.262 e. The lowest BCUT2D eigenvalue weighted by atomic mass is 10.1. The van der Waals surface area contributed by atoms with Crippen molar-refractivity contribution < 1.29 is 9.53 Å². The van der Waals surface area contributed by atoms with Gasteiger partial charge in [-0.3, -0.25) is 4.79 Å². The lowest BCUT2D eigenvalue weighted by Crippen LogP contribution is -2.20. The normalized spacial score (nSPS) is 10.3. The van der Waals surface area contributed by atoms with Crippen LogP contribution in [0.2, 0.25) is 0 Å². The molecule has 2 N–H and O–H groups in total. The van der Waals surface area contributed by atoms with Gasteiger partial charge in [0.15, 0.2) is 6.61 Å². The van der Waals surface area contributed by atoms with Crippen LogP contribution in [0.3, 0.4) is 0 Å². The Balaban J connectivity index is 1.54. The summed E-state index contributed by atoms with van der Waals surface area (Å²) in [6.45, 7) is 4.07. The van der Waals surface area contributed by atoms with Crippen LogP contribution in [-0.4, -0.2) is 17.5 Å². The number of benzene rings is 2. The number of pyridine rings is 1. The molecule has 0 fully saturated rings. The van der Waals surface area contributed by atoms with Crippen LogP contribution < -0.4 is 15.4 Å². The minimum Gasteiger partial charge on any atom is -0.484 e. The highest BCUT2D eigenvalue weighted by atomic mass is 16.5. The maximum absolute atomic E-state index is 12.0. The summed E-state index contributed by atoms with van der Waals surface area (Å²) in [6, 6.07) is 19.4. The van der Waals surface area contributed by atoms with E-state index in [2.05, 4.69) is 28.6 Å². The Morgan fingerprint density at radius 2 is 1.81 bits per heavy atom. The monoisotopic (exact) mass is 361 g/mol. The zero-order chi connectivity index (χ0) is 19.1. The maximum Gasteiger partial charge on any atom is 0.262 e. The molecule has 1 amide bonds. The molecule has 0 bridgehead atoms.